The summed E-state index contributed by atoms with van der Waals surface area (Å²) in [5, 5.41) is 0. The molecule has 2 rings (SSSR count). The Balaban J connectivity index is 2.52. The first kappa shape index (κ1) is 11.8. The summed E-state index contributed by atoms with van der Waals surface area (Å²) in [6.45, 7) is 8.50. The van der Waals surface area contributed by atoms with Crippen molar-refractivity contribution in [1.82, 2.24) is 19.5 Å². The zero-order valence-corrected chi connectivity index (χ0v) is 10.8. The van der Waals surface area contributed by atoms with Crippen LogP contribution in [0.4, 0.5) is 0 Å². The molecule has 2 heterocycles. The smallest absolute Gasteiger partial charge is 0.141 e. The number of imidazole rings is 1. The van der Waals surface area contributed by atoms with Gasteiger partial charge in [0.05, 0.1) is 0 Å². The van der Waals surface area contributed by atoms with E-state index >= 15 is 0 Å². The molecule has 0 atom stereocenters. The van der Waals surface area contributed by atoms with Crippen LogP contribution in [0.5, 0.6) is 0 Å². The van der Waals surface area contributed by atoms with Gasteiger partial charge in [-0.2, -0.15) is 0 Å². The molecule has 90 valence electrons. The van der Waals surface area contributed by atoms with Crippen molar-refractivity contribution >= 4 is 0 Å². The molecule has 2 aromatic rings. The van der Waals surface area contributed by atoms with Gasteiger partial charge in [-0.1, -0.05) is 27.7 Å². The van der Waals surface area contributed by atoms with Gasteiger partial charge in [-0.3, -0.25) is 4.57 Å². The summed E-state index contributed by atoms with van der Waals surface area (Å²) in [7, 11) is 0. The SMILES string of the molecule is CC(C)c1cc(-n2ccnc2)nc(C(C)C)n1. The predicted molar refractivity (Wildman–Crippen MR) is 67.3 cm³/mol. The molecular formula is C13H18N4. The molecule has 0 saturated heterocycles. The third-order valence-corrected chi connectivity index (χ3v) is 2.63. The lowest BCUT2D eigenvalue weighted by Gasteiger charge is -2.12. The normalized spacial score (nSPS) is 11.4. The van der Waals surface area contributed by atoms with Crippen LogP contribution in [0, 0.1) is 0 Å². The largest absolute Gasteiger partial charge is 0.290 e. The van der Waals surface area contributed by atoms with Gasteiger partial charge < -0.3 is 0 Å². The molecule has 0 unspecified atom stereocenters. The Morgan fingerprint density at radius 3 is 2.35 bits per heavy atom. The molecule has 4 heteroatoms. The van der Waals surface area contributed by atoms with Crippen LogP contribution in [-0.2, 0) is 0 Å². The van der Waals surface area contributed by atoms with Crippen molar-refractivity contribution in [2.45, 2.75) is 39.5 Å². The molecule has 0 amide bonds. The lowest BCUT2D eigenvalue weighted by Crippen LogP contribution is -2.07. The fourth-order valence-electron chi connectivity index (χ4n) is 1.55. The maximum absolute atomic E-state index is 4.60. The lowest BCUT2D eigenvalue weighted by atomic mass is 10.1. The fraction of sp³-hybridized carbons (Fsp3) is 0.462. The van der Waals surface area contributed by atoms with Gasteiger partial charge in [0.25, 0.3) is 0 Å². The van der Waals surface area contributed by atoms with E-state index in [9.17, 15) is 0 Å². The quantitative estimate of drug-likeness (QED) is 0.814. The van der Waals surface area contributed by atoms with E-state index in [1.165, 1.54) is 0 Å². The van der Waals surface area contributed by atoms with Gasteiger partial charge in [0.15, 0.2) is 0 Å². The lowest BCUT2D eigenvalue weighted by molar-refractivity contribution is 0.719. The summed E-state index contributed by atoms with van der Waals surface area (Å²) in [6.07, 6.45) is 5.42. The van der Waals surface area contributed by atoms with Gasteiger partial charge in [-0.25, -0.2) is 15.0 Å². The van der Waals surface area contributed by atoms with Crippen molar-refractivity contribution in [3.63, 3.8) is 0 Å². The van der Waals surface area contributed by atoms with Crippen molar-refractivity contribution in [3.05, 3.63) is 36.3 Å². The molecule has 0 radical (unpaired) electrons. The molecule has 0 fully saturated rings. The topological polar surface area (TPSA) is 43.6 Å². The summed E-state index contributed by atoms with van der Waals surface area (Å²) in [6, 6.07) is 2.03. The minimum absolute atomic E-state index is 0.330. The summed E-state index contributed by atoms with van der Waals surface area (Å²) >= 11 is 0. The Morgan fingerprint density at radius 2 is 1.82 bits per heavy atom. The summed E-state index contributed by atoms with van der Waals surface area (Å²) in [5.41, 5.74) is 1.08. The van der Waals surface area contributed by atoms with Crippen LogP contribution in [0.3, 0.4) is 0 Å². The highest BCUT2D eigenvalue weighted by atomic mass is 15.1. The molecule has 0 aliphatic carbocycles. The minimum atomic E-state index is 0.330. The van der Waals surface area contributed by atoms with Gasteiger partial charge >= 0.3 is 0 Å². The molecule has 0 aromatic carbocycles. The highest BCUT2D eigenvalue weighted by Gasteiger charge is 2.11. The number of nitrogens with zero attached hydrogens (tertiary/aromatic N) is 4. The molecule has 0 N–H and O–H groups in total. The predicted octanol–water partition coefficient (Wildman–Crippen LogP) is 2.91. The molecular weight excluding hydrogens is 212 g/mol. The van der Waals surface area contributed by atoms with E-state index in [1.807, 2.05) is 16.8 Å². The number of aromatic nitrogens is 4. The van der Waals surface area contributed by atoms with E-state index in [0.717, 1.165) is 17.3 Å². The average Bonchev–Trinajstić information content (AvgIpc) is 2.81. The molecule has 0 aliphatic rings. The van der Waals surface area contributed by atoms with Crippen molar-refractivity contribution in [2.75, 3.05) is 0 Å². The van der Waals surface area contributed by atoms with E-state index in [-0.39, 0.29) is 0 Å². The Hall–Kier alpha value is -1.71. The summed E-state index contributed by atoms with van der Waals surface area (Å²) in [5.74, 6) is 2.51. The number of hydrogen-bond acceptors (Lipinski definition) is 3. The van der Waals surface area contributed by atoms with E-state index < -0.39 is 0 Å². The van der Waals surface area contributed by atoms with Crippen molar-refractivity contribution < 1.29 is 0 Å². The van der Waals surface area contributed by atoms with Crippen LogP contribution in [0.15, 0.2) is 24.8 Å². The second kappa shape index (κ2) is 4.65. The Kier molecular flexibility index (Phi) is 3.22. The van der Waals surface area contributed by atoms with E-state index in [1.54, 1.807) is 12.5 Å². The van der Waals surface area contributed by atoms with Crippen molar-refractivity contribution in [1.29, 1.82) is 0 Å². The average molecular weight is 230 g/mol. The first-order valence-electron chi connectivity index (χ1n) is 5.95. The van der Waals surface area contributed by atoms with Gasteiger partial charge in [0.2, 0.25) is 0 Å². The second-order valence-electron chi connectivity index (χ2n) is 4.79. The molecule has 2 aromatic heterocycles. The highest BCUT2D eigenvalue weighted by molar-refractivity contribution is 5.27. The van der Waals surface area contributed by atoms with Crippen LogP contribution in [0.1, 0.15) is 51.0 Å². The van der Waals surface area contributed by atoms with Gasteiger partial charge in [-0.15, -0.1) is 0 Å². The van der Waals surface area contributed by atoms with Crippen LogP contribution >= 0.6 is 0 Å². The first-order valence-corrected chi connectivity index (χ1v) is 5.95. The van der Waals surface area contributed by atoms with Crippen LogP contribution < -0.4 is 0 Å². The maximum Gasteiger partial charge on any atom is 0.141 e. The molecule has 17 heavy (non-hydrogen) atoms. The zero-order valence-electron chi connectivity index (χ0n) is 10.8. The van der Waals surface area contributed by atoms with Gasteiger partial charge in [0, 0.05) is 30.1 Å². The van der Waals surface area contributed by atoms with Gasteiger partial charge in [-0.05, 0) is 5.92 Å². The Labute approximate surface area is 102 Å². The van der Waals surface area contributed by atoms with E-state index in [4.69, 9.17) is 0 Å². The first-order chi connectivity index (χ1) is 8.08. The number of rotatable bonds is 3. The number of hydrogen-bond donors (Lipinski definition) is 0. The highest BCUT2D eigenvalue weighted by Crippen LogP contribution is 2.18. The standard InChI is InChI=1S/C13H18N4/c1-9(2)11-7-12(17-6-5-14-8-17)16-13(15-11)10(3)4/h5-10H,1-4H3. The van der Waals surface area contributed by atoms with E-state index in [0.29, 0.717) is 11.8 Å². The summed E-state index contributed by atoms with van der Waals surface area (Å²) in [4.78, 5) is 13.2. The van der Waals surface area contributed by atoms with Crippen LogP contribution in [0.25, 0.3) is 5.82 Å². The van der Waals surface area contributed by atoms with Crippen LogP contribution in [0.2, 0.25) is 0 Å². The maximum atomic E-state index is 4.60. The van der Waals surface area contributed by atoms with Gasteiger partial charge in [0.1, 0.15) is 18.0 Å². The molecule has 0 spiro atoms. The monoisotopic (exact) mass is 230 g/mol. The second-order valence-corrected chi connectivity index (χ2v) is 4.79. The third-order valence-electron chi connectivity index (χ3n) is 2.63. The minimum Gasteiger partial charge on any atom is -0.290 e. The molecule has 0 aliphatic heterocycles. The van der Waals surface area contributed by atoms with Crippen molar-refractivity contribution in [2.24, 2.45) is 0 Å². The van der Waals surface area contributed by atoms with E-state index in [2.05, 4.69) is 42.6 Å². The Morgan fingerprint density at radius 1 is 1.06 bits per heavy atom. The van der Waals surface area contributed by atoms with Crippen LogP contribution in [-0.4, -0.2) is 19.5 Å². The van der Waals surface area contributed by atoms with Crippen molar-refractivity contribution in [3.8, 4) is 5.82 Å². The Bertz CT molecular complexity index is 460. The molecule has 4 nitrogen and oxygen atoms in total. The third kappa shape index (κ3) is 2.52. The fourth-order valence-corrected chi connectivity index (χ4v) is 1.55. The summed E-state index contributed by atoms with van der Waals surface area (Å²) < 4.78 is 1.92. The molecule has 0 saturated carbocycles. The molecule has 0 bridgehead atoms. The zero-order chi connectivity index (χ0) is 12.4.